The minimum atomic E-state index is 0.0250. The van der Waals surface area contributed by atoms with Crippen LogP contribution in [0.5, 0.6) is 5.75 Å². The molecule has 1 atom stereocenters. The third kappa shape index (κ3) is 2.90. The van der Waals surface area contributed by atoms with E-state index in [0.717, 1.165) is 17.7 Å². The lowest BCUT2D eigenvalue weighted by molar-refractivity contribution is 0.414. The number of aryl methyl sites for hydroxylation is 1. The van der Waals surface area contributed by atoms with Gasteiger partial charge in [-0.2, -0.15) is 0 Å². The number of rotatable bonds is 4. The van der Waals surface area contributed by atoms with Crippen LogP contribution in [0.15, 0.2) is 48.5 Å². The Morgan fingerprint density at radius 1 is 1.06 bits per heavy atom. The van der Waals surface area contributed by atoms with Gasteiger partial charge in [0.1, 0.15) is 5.75 Å². The Balaban J connectivity index is 2.11. The monoisotopic (exact) mass is 241 g/mol. The molecule has 0 radical (unpaired) electrons. The molecule has 0 amide bonds. The molecule has 1 unspecified atom stereocenters. The molecule has 0 aliphatic carbocycles. The molecule has 2 nitrogen and oxygen atoms in total. The van der Waals surface area contributed by atoms with E-state index in [1.807, 2.05) is 24.3 Å². The van der Waals surface area contributed by atoms with Gasteiger partial charge in [-0.15, -0.1) is 0 Å². The van der Waals surface area contributed by atoms with Gasteiger partial charge in [0, 0.05) is 6.04 Å². The maximum absolute atomic E-state index is 6.25. The lowest BCUT2D eigenvalue weighted by Crippen LogP contribution is -2.13. The summed E-state index contributed by atoms with van der Waals surface area (Å²) in [5.74, 6) is 0.863. The molecule has 2 aromatic rings. The average Bonchev–Trinajstić information content (AvgIpc) is 2.41. The number of methoxy groups -OCH3 is 1. The second kappa shape index (κ2) is 5.69. The highest BCUT2D eigenvalue weighted by molar-refractivity contribution is 5.32. The Kier molecular flexibility index (Phi) is 4.00. The van der Waals surface area contributed by atoms with Gasteiger partial charge in [0.15, 0.2) is 0 Å². The van der Waals surface area contributed by atoms with Crippen LogP contribution in [-0.2, 0) is 6.42 Å². The quantitative estimate of drug-likeness (QED) is 0.891. The zero-order valence-electron chi connectivity index (χ0n) is 10.9. The van der Waals surface area contributed by atoms with Crippen molar-refractivity contribution in [1.82, 2.24) is 0 Å². The van der Waals surface area contributed by atoms with E-state index < -0.39 is 0 Å². The highest BCUT2D eigenvalue weighted by Gasteiger charge is 2.08. The van der Waals surface area contributed by atoms with E-state index >= 15 is 0 Å². The molecule has 0 spiro atoms. The minimum absolute atomic E-state index is 0.0250. The lowest BCUT2D eigenvalue weighted by Gasteiger charge is -2.14. The first-order valence-corrected chi connectivity index (χ1v) is 6.14. The fourth-order valence-electron chi connectivity index (χ4n) is 2.04. The van der Waals surface area contributed by atoms with Crippen molar-refractivity contribution in [3.63, 3.8) is 0 Å². The molecule has 94 valence electrons. The van der Waals surface area contributed by atoms with Crippen molar-refractivity contribution >= 4 is 0 Å². The van der Waals surface area contributed by atoms with E-state index in [0.29, 0.717) is 0 Å². The second-order valence-corrected chi connectivity index (χ2v) is 4.51. The maximum Gasteiger partial charge on any atom is 0.118 e. The molecule has 0 saturated carbocycles. The molecule has 2 heteroatoms. The number of hydrogen-bond acceptors (Lipinski definition) is 2. The van der Waals surface area contributed by atoms with Crippen LogP contribution >= 0.6 is 0 Å². The fourth-order valence-corrected chi connectivity index (χ4v) is 2.04. The third-order valence-corrected chi connectivity index (χ3v) is 3.25. The van der Waals surface area contributed by atoms with Crippen molar-refractivity contribution in [1.29, 1.82) is 0 Å². The Morgan fingerprint density at radius 2 is 1.72 bits per heavy atom. The highest BCUT2D eigenvalue weighted by Crippen LogP contribution is 2.20. The second-order valence-electron chi connectivity index (χ2n) is 4.51. The molecule has 2 N–H and O–H groups in total. The highest BCUT2D eigenvalue weighted by atomic mass is 16.5. The summed E-state index contributed by atoms with van der Waals surface area (Å²) in [6, 6.07) is 16.4. The van der Waals surface area contributed by atoms with Gasteiger partial charge in [-0.25, -0.2) is 0 Å². The molecular formula is C16H19NO. The molecule has 2 aromatic carbocycles. The van der Waals surface area contributed by atoms with Gasteiger partial charge in [-0.1, -0.05) is 36.4 Å². The molecule has 0 saturated heterocycles. The van der Waals surface area contributed by atoms with Crippen LogP contribution in [-0.4, -0.2) is 7.11 Å². The largest absolute Gasteiger partial charge is 0.497 e. The number of benzene rings is 2. The molecule has 2 rings (SSSR count). The summed E-state index contributed by atoms with van der Waals surface area (Å²) in [4.78, 5) is 0. The number of nitrogens with two attached hydrogens (primary N) is 1. The summed E-state index contributed by atoms with van der Waals surface area (Å²) in [6.45, 7) is 2.12. The Labute approximate surface area is 108 Å². The summed E-state index contributed by atoms with van der Waals surface area (Å²) >= 11 is 0. The Morgan fingerprint density at radius 3 is 2.33 bits per heavy atom. The standard InChI is InChI=1S/C16H19NO/c1-12-5-3-4-6-14(12)11-16(17)13-7-9-15(18-2)10-8-13/h3-10,16H,11,17H2,1-2H3. The van der Waals surface area contributed by atoms with Crippen LogP contribution in [0.2, 0.25) is 0 Å². The van der Waals surface area contributed by atoms with Gasteiger partial charge in [0.2, 0.25) is 0 Å². The molecule has 0 aliphatic heterocycles. The molecule has 0 bridgehead atoms. The number of ether oxygens (including phenoxy) is 1. The summed E-state index contributed by atoms with van der Waals surface area (Å²) < 4.78 is 5.15. The zero-order valence-corrected chi connectivity index (χ0v) is 10.9. The normalized spacial score (nSPS) is 12.2. The fraction of sp³-hybridized carbons (Fsp3) is 0.250. The van der Waals surface area contributed by atoms with Crippen molar-refractivity contribution in [2.45, 2.75) is 19.4 Å². The van der Waals surface area contributed by atoms with Crippen molar-refractivity contribution in [2.75, 3.05) is 7.11 Å². The van der Waals surface area contributed by atoms with Crippen molar-refractivity contribution < 1.29 is 4.74 Å². The first-order valence-electron chi connectivity index (χ1n) is 6.14. The predicted molar refractivity (Wildman–Crippen MR) is 74.8 cm³/mol. The summed E-state index contributed by atoms with van der Waals surface area (Å²) in [7, 11) is 1.67. The lowest BCUT2D eigenvalue weighted by atomic mass is 9.97. The zero-order chi connectivity index (χ0) is 13.0. The van der Waals surface area contributed by atoms with Crippen molar-refractivity contribution in [3.8, 4) is 5.75 Å². The van der Waals surface area contributed by atoms with E-state index in [-0.39, 0.29) is 6.04 Å². The van der Waals surface area contributed by atoms with Gasteiger partial charge in [-0.05, 0) is 42.2 Å². The van der Waals surface area contributed by atoms with Gasteiger partial charge in [0.25, 0.3) is 0 Å². The van der Waals surface area contributed by atoms with Crippen LogP contribution < -0.4 is 10.5 Å². The van der Waals surface area contributed by atoms with Gasteiger partial charge < -0.3 is 10.5 Å². The maximum atomic E-state index is 6.25. The first kappa shape index (κ1) is 12.7. The molecule has 0 heterocycles. The van der Waals surface area contributed by atoms with Crippen LogP contribution in [0, 0.1) is 6.92 Å². The smallest absolute Gasteiger partial charge is 0.118 e. The van der Waals surface area contributed by atoms with Crippen molar-refractivity contribution in [2.24, 2.45) is 5.73 Å². The van der Waals surface area contributed by atoms with E-state index in [9.17, 15) is 0 Å². The Bertz CT molecular complexity index is 505. The average molecular weight is 241 g/mol. The molecule has 0 aromatic heterocycles. The van der Waals surface area contributed by atoms with Crippen LogP contribution in [0.1, 0.15) is 22.7 Å². The van der Waals surface area contributed by atoms with E-state index in [2.05, 4.69) is 31.2 Å². The van der Waals surface area contributed by atoms with E-state index in [4.69, 9.17) is 10.5 Å². The van der Waals surface area contributed by atoms with Gasteiger partial charge >= 0.3 is 0 Å². The van der Waals surface area contributed by atoms with Gasteiger partial charge in [-0.3, -0.25) is 0 Å². The summed E-state index contributed by atoms with van der Waals surface area (Å²) in [5, 5.41) is 0. The number of hydrogen-bond donors (Lipinski definition) is 1. The molecular weight excluding hydrogens is 222 g/mol. The van der Waals surface area contributed by atoms with Crippen molar-refractivity contribution in [3.05, 3.63) is 65.2 Å². The summed E-state index contributed by atoms with van der Waals surface area (Å²) in [5.41, 5.74) is 9.98. The Hall–Kier alpha value is -1.80. The first-order chi connectivity index (χ1) is 8.70. The van der Waals surface area contributed by atoms with Crippen LogP contribution in [0.4, 0.5) is 0 Å². The van der Waals surface area contributed by atoms with Gasteiger partial charge in [0.05, 0.1) is 7.11 Å². The third-order valence-electron chi connectivity index (χ3n) is 3.25. The van der Waals surface area contributed by atoms with Crippen LogP contribution in [0.25, 0.3) is 0 Å². The minimum Gasteiger partial charge on any atom is -0.497 e. The molecule has 0 fully saturated rings. The SMILES string of the molecule is COc1ccc(C(N)Cc2ccccc2C)cc1. The summed E-state index contributed by atoms with van der Waals surface area (Å²) in [6.07, 6.45) is 0.860. The topological polar surface area (TPSA) is 35.2 Å². The molecule has 18 heavy (non-hydrogen) atoms. The predicted octanol–water partition coefficient (Wildman–Crippen LogP) is 3.25. The van der Waals surface area contributed by atoms with E-state index in [1.165, 1.54) is 11.1 Å². The van der Waals surface area contributed by atoms with E-state index in [1.54, 1.807) is 7.11 Å². The molecule has 0 aliphatic rings. The van der Waals surface area contributed by atoms with Crippen LogP contribution in [0.3, 0.4) is 0 Å².